The maximum Gasteiger partial charge on any atom is 0.399 e. The zero-order valence-electron chi connectivity index (χ0n) is 46.3. The zero-order valence-corrected chi connectivity index (χ0v) is 48.0. The van der Waals surface area contributed by atoms with Gasteiger partial charge in [-0.3, -0.25) is 57.9 Å². The van der Waals surface area contributed by atoms with Crippen molar-refractivity contribution in [3.05, 3.63) is 105 Å². The van der Waals surface area contributed by atoms with Gasteiger partial charge in [0.25, 0.3) is 18.2 Å². The molecule has 4 aromatic rings. The molecule has 0 spiro atoms. The fourth-order valence-corrected chi connectivity index (χ4v) is 13.3. The van der Waals surface area contributed by atoms with E-state index < -0.39 is 128 Å². The number of imide groups is 1. The van der Waals surface area contributed by atoms with Crippen LogP contribution in [0.15, 0.2) is 66.7 Å². The van der Waals surface area contributed by atoms with Crippen LogP contribution in [-0.2, 0) is 56.8 Å². The van der Waals surface area contributed by atoms with Crippen LogP contribution in [0, 0.1) is 23.6 Å². The fourth-order valence-electron chi connectivity index (χ4n) is 11.9. The number of amides is 9. The van der Waals surface area contributed by atoms with E-state index in [2.05, 4.69) is 33.1 Å². The third-order valence-corrected chi connectivity index (χ3v) is 18.5. The number of nitrogens with two attached hydrogens (primary N) is 1. The minimum absolute atomic E-state index is 0.0106. The molecule has 28 heteroatoms. The normalized spacial score (nSPS) is 21.2. The van der Waals surface area contributed by atoms with E-state index in [0.29, 0.717) is 61.0 Å². The number of thiophene rings is 1. The van der Waals surface area contributed by atoms with Gasteiger partial charge in [0.15, 0.2) is 0 Å². The molecule has 3 aromatic carbocycles. The van der Waals surface area contributed by atoms with Crippen LogP contribution in [0.2, 0.25) is 0 Å². The highest BCUT2D eigenvalue weighted by Gasteiger charge is 2.51. The van der Waals surface area contributed by atoms with Gasteiger partial charge >= 0.3 is 13.3 Å². The Hall–Kier alpha value is -7.63. The second kappa shape index (κ2) is 26.5. The van der Waals surface area contributed by atoms with Crippen LogP contribution in [-0.4, -0.2) is 158 Å². The summed E-state index contributed by atoms with van der Waals surface area (Å²) in [6.07, 6.45) is -0.598. The molecule has 0 aliphatic carbocycles. The minimum atomic E-state index is -5.94. The maximum absolute atomic E-state index is 14.7. The minimum Gasteiger partial charge on any atom is -0.370 e. The van der Waals surface area contributed by atoms with Crippen molar-refractivity contribution in [2.45, 2.75) is 132 Å². The van der Waals surface area contributed by atoms with Gasteiger partial charge < -0.3 is 46.2 Å². The number of carbonyl (C=O) groups is 9. The van der Waals surface area contributed by atoms with Crippen LogP contribution in [0.3, 0.4) is 0 Å². The highest BCUT2D eigenvalue weighted by atomic mass is 32.1. The third-order valence-electron chi connectivity index (χ3n) is 16.4. The summed E-state index contributed by atoms with van der Waals surface area (Å²) in [6, 6.07) is 7.35. The van der Waals surface area contributed by atoms with Gasteiger partial charge in [0.1, 0.15) is 36.0 Å². The number of primary amides is 1. The van der Waals surface area contributed by atoms with Crippen LogP contribution >= 0.6 is 18.9 Å². The summed E-state index contributed by atoms with van der Waals surface area (Å²) in [7, 11) is -5.94. The molecule has 86 heavy (non-hydrogen) atoms. The lowest BCUT2D eigenvalue weighted by atomic mass is 9.91. The number of nitrogens with one attached hydrogen (secondary N) is 4. The Morgan fingerprint density at radius 3 is 2.34 bits per heavy atom. The molecule has 4 fully saturated rings. The molecule has 6 atom stereocenters. The molecule has 458 valence electrons. The fraction of sp³-hybridized carbons (Fsp3) is 0.466. The lowest BCUT2D eigenvalue weighted by molar-refractivity contribution is -0.144. The van der Waals surface area contributed by atoms with E-state index in [1.807, 2.05) is 6.07 Å². The van der Waals surface area contributed by atoms with Crippen LogP contribution in [0.1, 0.15) is 113 Å². The molecule has 4 saturated heterocycles. The summed E-state index contributed by atoms with van der Waals surface area (Å²) < 4.78 is 82.9. The van der Waals surface area contributed by atoms with Crippen molar-refractivity contribution in [1.29, 1.82) is 0 Å². The van der Waals surface area contributed by atoms with Crippen LogP contribution in [0.25, 0.3) is 10.1 Å². The number of hydrogen-bond donors (Lipinski definition) is 7. The lowest BCUT2D eigenvalue weighted by Gasteiger charge is -2.38. The van der Waals surface area contributed by atoms with Crippen molar-refractivity contribution in [2.24, 2.45) is 11.7 Å². The second-order valence-electron chi connectivity index (χ2n) is 22.2. The monoisotopic (exact) mass is 1240 g/mol. The van der Waals surface area contributed by atoms with Gasteiger partial charge in [-0.15, -0.1) is 11.3 Å². The highest BCUT2D eigenvalue weighted by Crippen LogP contribution is 2.59. The van der Waals surface area contributed by atoms with Gasteiger partial charge in [-0.2, -0.15) is 8.78 Å². The van der Waals surface area contributed by atoms with E-state index >= 15 is 0 Å². The first-order chi connectivity index (χ1) is 40.8. The van der Waals surface area contributed by atoms with E-state index in [0.717, 1.165) is 29.5 Å². The Morgan fingerprint density at radius 1 is 0.895 bits per heavy atom. The molecule has 3 unspecified atom stereocenters. The Balaban J connectivity index is 0.857. The molecule has 0 radical (unpaired) electrons. The van der Waals surface area contributed by atoms with E-state index in [-0.39, 0.29) is 90.7 Å². The van der Waals surface area contributed by atoms with Crippen molar-refractivity contribution in [3.8, 4) is 11.8 Å². The first-order valence-corrected chi connectivity index (χ1v) is 30.6. The molecule has 9 amide bonds. The number of nitrogens with zero attached hydrogens (tertiary/aromatic N) is 4. The van der Waals surface area contributed by atoms with E-state index in [1.165, 1.54) is 45.0 Å². The van der Waals surface area contributed by atoms with E-state index in [1.54, 1.807) is 17.0 Å². The largest absolute Gasteiger partial charge is 0.399 e. The Bertz CT molecular complexity index is 3440. The molecular formula is C58H63F5N9O12PS. The smallest absolute Gasteiger partial charge is 0.370 e. The summed E-state index contributed by atoms with van der Waals surface area (Å²) in [5.74, 6) is 0.0504. The molecule has 1 aromatic heterocycles. The number of benzene rings is 3. The molecule has 21 nitrogen and oxygen atoms in total. The highest BCUT2D eigenvalue weighted by molar-refractivity contribution is 7.52. The average Bonchev–Trinajstić information content (AvgIpc) is 3.14. The Morgan fingerprint density at radius 2 is 1.64 bits per heavy atom. The van der Waals surface area contributed by atoms with E-state index in [4.69, 9.17) is 5.73 Å². The Kier molecular flexibility index (Phi) is 19.4. The summed E-state index contributed by atoms with van der Waals surface area (Å²) in [5.41, 5.74) is 2.25. The van der Waals surface area contributed by atoms with Gasteiger partial charge in [0.05, 0.1) is 11.4 Å². The summed E-state index contributed by atoms with van der Waals surface area (Å²) in [6.45, 7) is -0.402. The van der Waals surface area contributed by atoms with Crippen molar-refractivity contribution in [3.63, 3.8) is 0 Å². The van der Waals surface area contributed by atoms with Crippen molar-refractivity contribution >= 4 is 82.2 Å². The third kappa shape index (κ3) is 14.4. The number of fused-ring (bicyclic) bond motifs is 3. The molecule has 0 saturated carbocycles. The summed E-state index contributed by atoms with van der Waals surface area (Å²) in [4.78, 5) is 146. The van der Waals surface area contributed by atoms with Crippen LogP contribution < -0.4 is 27.0 Å². The second-order valence-corrected chi connectivity index (χ2v) is 24.9. The van der Waals surface area contributed by atoms with Gasteiger partial charge in [-0.1, -0.05) is 36.1 Å². The maximum atomic E-state index is 14.7. The molecule has 8 N–H and O–H groups in total. The molecule has 0 bridgehead atoms. The van der Waals surface area contributed by atoms with Crippen molar-refractivity contribution in [2.75, 3.05) is 32.7 Å². The first kappa shape index (κ1) is 62.9. The van der Waals surface area contributed by atoms with Crippen molar-refractivity contribution in [1.82, 2.24) is 40.9 Å². The predicted octanol–water partition coefficient (Wildman–Crippen LogP) is 4.01. The number of hydrogen-bond acceptors (Lipinski definition) is 12. The average molecular weight is 1240 g/mol. The first-order valence-electron chi connectivity index (χ1n) is 28.1. The van der Waals surface area contributed by atoms with Crippen LogP contribution in [0.4, 0.5) is 22.0 Å². The molecule has 5 aliphatic rings. The topological polar surface area (TPSA) is 298 Å². The number of halogens is 5. The quantitative estimate of drug-likeness (QED) is 0.0303. The Labute approximate surface area is 494 Å². The van der Waals surface area contributed by atoms with E-state index in [9.17, 15) is 79.5 Å². The van der Waals surface area contributed by atoms with Crippen molar-refractivity contribution < 1.29 is 79.5 Å². The molecule has 6 heterocycles. The summed E-state index contributed by atoms with van der Waals surface area (Å²) in [5, 5.41) is 10.3. The molecule has 5 aliphatic heterocycles. The van der Waals surface area contributed by atoms with Gasteiger partial charge in [-0.25, -0.2) is 13.2 Å². The summed E-state index contributed by atoms with van der Waals surface area (Å²) >= 11 is 0.799. The number of likely N-dealkylation sites (tertiary alicyclic amines) is 1. The number of alkyl halides is 4. The SMILES string of the molecule is NC(=O)CCC(NC(=O)[C@@H]1CC[C@@H]2CCN(CC(F)F)C[C@H](NC(=O)c3cc4cc(C(F)(F)P(=O)(O)O)ccc4s3)C(=O)N21)C(=O)NC(Cc1ccc(F)cc1)C(=O)N1CCC(CCC#Cc2cccc3c2CN(C2CCC(=O)NC2=O)C3=O)CC1. The molecule has 9 rings (SSSR count). The lowest BCUT2D eigenvalue weighted by Crippen LogP contribution is -2.62. The number of carbonyl (C=O) groups excluding carboxylic acids is 9. The van der Waals surface area contributed by atoms with Gasteiger partial charge in [0.2, 0.25) is 41.4 Å². The zero-order chi connectivity index (χ0) is 61.8. The molecular weight excluding hydrogens is 1170 g/mol. The standard InChI is InChI=1S/C58H63F5N9O12PS/c59-37-11-8-33(9-12-37)26-42(56(80)70-24-20-32(21-25-70)4-1-2-5-34-6-3-7-39-40(34)29-71(55(39)79)44-16-19-50(74)68-52(44)76)66-51(75)41(14-18-49(64)73)65-53(77)45-15-13-38-22-23-69(31-48(60)61)30-43(57(81)72(38)45)67-54(78)47-28-35-27-36(10-17-46(35)86-47)58(62,63)85(82,83)84/h3,6-12,17,27-28,32,38,41-45,48H,1,4,13-16,18-26,29-31H2,(H2,64,73)(H,65,77)(H,66,75)(H,67,78)(H,68,74,76)(H2,82,83,84)/t38-,41?,42?,43+,44?,45+/m1/s1. The number of piperidine rings is 2. The van der Waals surface area contributed by atoms with Gasteiger partial charge in [0, 0.05) is 85.8 Å². The predicted molar refractivity (Wildman–Crippen MR) is 300 cm³/mol. The van der Waals surface area contributed by atoms with Gasteiger partial charge in [-0.05, 0) is 116 Å². The number of rotatable bonds is 19. The van der Waals surface area contributed by atoms with Crippen LogP contribution in [0.5, 0.6) is 0 Å².